The standard InChI is InChI=1S/C18H16N4O/c1-23-14-8-6-12(7-9-14)10-13-11-20-18-17(19)21-15-4-2-3-5-16(15)22(13)18/h2-9,11H,10H2,1H3,(H2,19,21). The lowest BCUT2D eigenvalue weighted by Gasteiger charge is -2.08. The van der Waals surface area contributed by atoms with Crippen LogP contribution in [0.1, 0.15) is 11.3 Å². The predicted octanol–water partition coefficient (Wildman–Crippen LogP) is 3.06. The molecule has 0 atom stereocenters. The Morgan fingerprint density at radius 2 is 1.87 bits per heavy atom. The van der Waals surface area contributed by atoms with Crippen LogP contribution < -0.4 is 10.5 Å². The Kier molecular flexibility index (Phi) is 3.12. The minimum Gasteiger partial charge on any atom is -0.497 e. The van der Waals surface area contributed by atoms with Crippen LogP contribution in [0.5, 0.6) is 5.75 Å². The number of methoxy groups -OCH3 is 1. The van der Waals surface area contributed by atoms with Crippen molar-refractivity contribution >= 4 is 22.5 Å². The maximum atomic E-state index is 6.06. The second-order valence-electron chi connectivity index (χ2n) is 5.42. The predicted molar refractivity (Wildman–Crippen MR) is 90.7 cm³/mol. The maximum Gasteiger partial charge on any atom is 0.180 e. The summed E-state index contributed by atoms with van der Waals surface area (Å²) < 4.78 is 7.29. The van der Waals surface area contributed by atoms with Gasteiger partial charge in [-0.25, -0.2) is 9.97 Å². The summed E-state index contributed by atoms with van der Waals surface area (Å²) in [6.07, 6.45) is 2.63. The van der Waals surface area contributed by atoms with Crippen molar-refractivity contribution in [3.05, 3.63) is 66.0 Å². The molecular formula is C18H16N4O. The third-order valence-electron chi connectivity index (χ3n) is 3.97. The minimum absolute atomic E-state index is 0.449. The smallest absolute Gasteiger partial charge is 0.180 e. The quantitative estimate of drug-likeness (QED) is 0.632. The van der Waals surface area contributed by atoms with E-state index in [-0.39, 0.29) is 0 Å². The number of para-hydroxylation sites is 2. The zero-order chi connectivity index (χ0) is 15.8. The number of imidazole rings is 1. The summed E-state index contributed by atoms with van der Waals surface area (Å²) in [6.45, 7) is 0. The van der Waals surface area contributed by atoms with E-state index in [0.717, 1.165) is 28.9 Å². The molecule has 0 saturated carbocycles. The highest BCUT2D eigenvalue weighted by molar-refractivity contribution is 5.82. The number of aromatic nitrogens is 3. The van der Waals surface area contributed by atoms with Crippen LogP contribution >= 0.6 is 0 Å². The molecule has 0 aliphatic carbocycles. The molecule has 0 aliphatic rings. The van der Waals surface area contributed by atoms with Crippen LogP contribution in [-0.2, 0) is 6.42 Å². The van der Waals surface area contributed by atoms with Gasteiger partial charge in [0.15, 0.2) is 11.5 Å². The summed E-state index contributed by atoms with van der Waals surface area (Å²) in [6, 6.07) is 16.0. The van der Waals surface area contributed by atoms with Crippen molar-refractivity contribution in [2.45, 2.75) is 6.42 Å². The van der Waals surface area contributed by atoms with E-state index in [1.165, 1.54) is 5.56 Å². The molecule has 114 valence electrons. The number of fused-ring (bicyclic) bond motifs is 3. The van der Waals surface area contributed by atoms with Crippen molar-refractivity contribution in [3.8, 4) is 5.75 Å². The second kappa shape index (κ2) is 5.28. The second-order valence-corrected chi connectivity index (χ2v) is 5.42. The Balaban J connectivity index is 1.86. The van der Waals surface area contributed by atoms with Gasteiger partial charge < -0.3 is 10.5 Å². The number of nitrogens with zero attached hydrogens (tertiary/aromatic N) is 3. The Morgan fingerprint density at radius 3 is 2.65 bits per heavy atom. The van der Waals surface area contributed by atoms with E-state index >= 15 is 0 Å². The first-order valence-electron chi connectivity index (χ1n) is 7.40. The number of rotatable bonds is 3. The number of hydrogen-bond donors (Lipinski definition) is 1. The lowest BCUT2D eigenvalue weighted by Crippen LogP contribution is -2.02. The molecule has 23 heavy (non-hydrogen) atoms. The van der Waals surface area contributed by atoms with Gasteiger partial charge in [0.2, 0.25) is 0 Å². The van der Waals surface area contributed by atoms with Crippen molar-refractivity contribution in [1.29, 1.82) is 0 Å². The largest absolute Gasteiger partial charge is 0.497 e. The molecule has 0 saturated heterocycles. The molecule has 0 amide bonds. The molecule has 2 aromatic carbocycles. The highest BCUT2D eigenvalue weighted by Gasteiger charge is 2.11. The lowest BCUT2D eigenvalue weighted by atomic mass is 10.1. The zero-order valence-corrected chi connectivity index (χ0v) is 12.7. The zero-order valence-electron chi connectivity index (χ0n) is 12.7. The van der Waals surface area contributed by atoms with Crippen LogP contribution in [0.4, 0.5) is 5.82 Å². The van der Waals surface area contributed by atoms with Gasteiger partial charge in [-0.2, -0.15) is 0 Å². The Hall–Kier alpha value is -3.08. The summed E-state index contributed by atoms with van der Waals surface area (Å²) in [7, 11) is 1.67. The highest BCUT2D eigenvalue weighted by Crippen LogP contribution is 2.23. The van der Waals surface area contributed by atoms with Gasteiger partial charge in [0.05, 0.1) is 18.1 Å². The number of benzene rings is 2. The molecular weight excluding hydrogens is 288 g/mol. The van der Waals surface area contributed by atoms with Gasteiger partial charge in [0.1, 0.15) is 5.75 Å². The fourth-order valence-corrected chi connectivity index (χ4v) is 2.84. The molecule has 2 N–H and O–H groups in total. The van der Waals surface area contributed by atoms with E-state index in [0.29, 0.717) is 11.5 Å². The first kappa shape index (κ1) is 13.6. The number of hydrogen-bond acceptors (Lipinski definition) is 4. The van der Waals surface area contributed by atoms with Gasteiger partial charge in [0.25, 0.3) is 0 Å². The maximum absolute atomic E-state index is 6.06. The van der Waals surface area contributed by atoms with Crippen molar-refractivity contribution < 1.29 is 4.74 Å². The summed E-state index contributed by atoms with van der Waals surface area (Å²) in [5.74, 6) is 1.30. The molecule has 2 heterocycles. The van der Waals surface area contributed by atoms with Crippen molar-refractivity contribution in [1.82, 2.24) is 14.4 Å². The molecule has 0 radical (unpaired) electrons. The van der Waals surface area contributed by atoms with E-state index in [2.05, 4.69) is 26.5 Å². The normalized spacial score (nSPS) is 11.2. The molecule has 5 heteroatoms. The number of anilines is 1. The fraction of sp³-hybridized carbons (Fsp3) is 0.111. The summed E-state index contributed by atoms with van der Waals surface area (Å²) in [4.78, 5) is 8.87. The molecule has 0 fully saturated rings. The molecule has 5 nitrogen and oxygen atoms in total. The van der Waals surface area contributed by atoms with Gasteiger partial charge in [-0.15, -0.1) is 0 Å². The van der Waals surface area contributed by atoms with Gasteiger partial charge in [-0.05, 0) is 29.8 Å². The Bertz CT molecular complexity index is 989. The van der Waals surface area contributed by atoms with Crippen LogP contribution in [0.25, 0.3) is 16.7 Å². The van der Waals surface area contributed by atoms with Gasteiger partial charge in [-0.3, -0.25) is 4.40 Å². The minimum atomic E-state index is 0.449. The molecule has 0 aliphatic heterocycles. The average Bonchev–Trinajstić information content (AvgIpc) is 3.00. The van der Waals surface area contributed by atoms with Crippen LogP contribution in [0.2, 0.25) is 0 Å². The molecule has 4 rings (SSSR count). The first-order valence-corrected chi connectivity index (χ1v) is 7.40. The fourth-order valence-electron chi connectivity index (χ4n) is 2.84. The third-order valence-corrected chi connectivity index (χ3v) is 3.97. The van der Waals surface area contributed by atoms with Crippen LogP contribution in [0.15, 0.2) is 54.7 Å². The van der Waals surface area contributed by atoms with E-state index in [9.17, 15) is 0 Å². The number of nitrogens with two attached hydrogens (primary N) is 1. The lowest BCUT2D eigenvalue weighted by molar-refractivity contribution is 0.414. The highest BCUT2D eigenvalue weighted by atomic mass is 16.5. The van der Waals surface area contributed by atoms with Gasteiger partial charge in [-0.1, -0.05) is 24.3 Å². The van der Waals surface area contributed by atoms with Crippen LogP contribution in [0, 0.1) is 0 Å². The summed E-state index contributed by atoms with van der Waals surface area (Å²) in [5, 5.41) is 0. The molecule has 4 aromatic rings. The number of nitrogen functional groups attached to an aromatic ring is 1. The van der Waals surface area contributed by atoms with Crippen molar-refractivity contribution in [3.63, 3.8) is 0 Å². The third kappa shape index (κ3) is 2.26. The van der Waals surface area contributed by atoms with Crippen LogP contribution in [-0.4, -0.2) is 21.5 Å². The molecule has 0 bridgehead atoms. The number of ether oxygens (including phenoxy) is 1. The average molecular weight is 304 g/mol. The van der Waals surface area contributed by atoms with E-state index in [1.54, 1.807) is 7.11 Å². The van der Waals surface area contributed by atoms with Crippen LogP contribution in [0.3, 0.4) is 0 Å². The Morgan fingerprint density at radius 1 is 1.09 bits per heavy atom. The van der Waals surface area contributed by atoms with E-state index in [1.807, 2.05) is 42.6 Å². The van der Waals surface area contributed by atoms with E-state index in [4.69, 9.17) is 10.5 Å². The van der Waals surface area contributed by atoms with E-state index < -0.39 is 0 Å². The SMILES string of the molecule is COc1ccc(Cc2cnc3c(N)nc4ccccc4n23)cc1. The Labute approximate surface area is 133 Å². The first-order chi connectivity index (χ1) is 11.3. The van der Waals surface area contributed by atoms with Gasteiger partial charge in [0, 0.05) is 18.3 Å². The summed E-state index contributed by atoms with van der Waals surface area (Å²) in [5.41, 5.74) is 10.9. The molecule has 0 unspecified atom stereocenters. The molecule has 0 spiro atoms. The van der Waals surface area contributed by atoms with Crippen molar-refractivity contribution in [2.75, 3.05) is 12.8 Å². The van der Waals surface area contributed by atoms with Crippen molar-refractivity contribution in [2.24, 2.45) is 0 Å². The van der Waals surface area contributed by atoms with Gasteiger partial charge >= 0.3 is 0 Å². The topological polar surface area (TPSA) is 65.4 Å². The monoisotopic (exact) mass is 304 g/mol. The summed E-state index contributed by atoms with van der Waals surface area (Å²) >= 11 is 0. The molecule has 2 aromatic heterocycles.